The molecule has 6 nitrogen and oxygen atoms in total. The van der Waals surface area contributed by atoms with Crippen molar-refractivity contribution >= 4 is 11.9 Å². The van der Waals surface area contributed by atoms with E-state index in [1.54, 1.807) is 48.8 Å². The van der Waals surface area contributed by atoms with Crippen LogP contribution in [0.2, 0.25) is 0 Å². The van der Waals surface area contributed by atoms with E-state index in [0.29, 0.717) is 22.6 Å². The number of benzene rings is 2. The van der Waals surface area contributed by atoms with Gasteiger partial charge in [0.15, 0.2) is 0 Å². The van der Waals surface area contributed by atoms with Crippen molar-refractivity contribution in [2.75, 3.05) is 0 Å². The zero-order valence-electron chi connectivity index (χ0n) is 11.8. The number of carbonyl (C=O) groups is 2. The van der Waals surface area contributed by atoms with Gasteiger partial charge in [-0.3, -0.25) is 14.8 Å². The van der Waals surface area contributed by atoms with Gasteiger partial charge in [-0.05, 0) is 48.9 Å². The van der Waals surface area contributed by atoms with E-state index in [1.807, 2.05) is 0 Å². The molecule has 0 aliphatic rings. The number of carboxylic acid groups (broad SMARTS) is 1. The molecule has 6 heteroatoms. The summed E-state index contributed by atoms with van der Waals surface area (Å²) in [4.78, 5) is 22.1. The maximum atomic E-state index is 11.2. The van der Waals surface area contributed by atoms with Gasteiger partial charge in [0.1, 0.15) is 11.5 Å². The molecular weight excluding hydrogens is 286 g/mol. The van der Waals surface area contributed by atoms with Crippen LogP contribution in [0.15, 0.2) is 48.5 Å². The standard InChI is InChI=1S/C16H15NO5/c1-10(16(19)20)11-2-6-13(7-3-11)22-14-8-4-12(5-9-14)15(18)17-21/h2-10,21H,1H3,(H,17,18)(H,19,20). The van der Waals surface area contributed by atoms with Gasteiger partial charge in [0.25, 0.3) is 5.91 Å². The molecule has 2 aromatic rings. The van der Waals surface area contributed by atoms with Crippen molar-refractivity contribution in [3.05, 3.63) is 59.7 Å². The van der Waals surface area contributed by atoms with E-state index in [0.717, 1.165) is 0 Å². The van der Waals surface area contributed by atoms with Crippen molar-refractivity contribution in [2.24, 2.45) is 0 Å². The molecule has 0 fully saturated rings. The van der Waals surface area contributed by atoms with E-state index >= 15 is 0 Å². The molecule has 1 unspecified atom stereocenters. The van der Waals surface area contributed by atoms with Crippen molar-refractivity contribution in [1.29, 1.82) is 0 Å². The number of nitrogens with one attached hydrogen (secondary N) is 1. The summed E-state index contributed by atoms with van der Waals surface area (Å²) in [6.07, 6.45) is 0. The van der Waals surface area contributed by atoms with Gasteiger partial charge >= 0.3 is 5.97 Å². The lowest BCUT2D eigenvalue weighted by Crippen LogP contribution is -2.18. The molecule has 0 aliphatic carbocycles. The van der Waals surface area contributed by atoms with Crippen LogP contribution in [-0.2, 0) is 4.79 Å². The summed E-state index contributed by atoms with van der Waals surface area (Å²) < 4.78 is 5.60. The minimum Gasteiger partial charge on any atom is -0.481 e. The molecule has 1 atom stereocenters. The summed E-state index contributed by atoms with van der Waals surface area (Å²) in [7, 11) is 0. The van der Waals surface area contributed by atoms with Gasteiger partial charge in [-0.25, -0.2) is 5.48 Å². The van der Waals surface area contributed by atoms with Crippen LogP contribution in [0.3, 0.4) is 0 Å². The first-order valence-corrected chi connectivity index (χ1v) is 6.56. The van der Waals surface area contributed by atoms with Gasteiger partial charge in [-0.2, -0.15) is 0 Å². The molecule has 114 valence electrons. The Hall–Kier alpha value is -2.86. The highest BCUT2D eigenvalue weighted by atomic mass is 16.5. The molecule has 0 aromatic heterocycles. The second-order valence-corrected chi connectivity index (χ2v) is 4.70. The molecule has 0 radical (unpaired) electrons. The summed E-state index contributed by atoms with van der Waals surface area (Å²) in [6.45, 7) is 1.61. The summed E-state index contributed by atoms with van der Waals surface area (Å²) >= 11 is 0. The van der Waals surface area contributed by atoms with E-state index in [2.05, 4.69) is 0 Å². The molecule has 22 heavy (non-hydrogen) atoms. The topological polar surface area (TPSA) is 95.9 Å². The summed E-state index contributed by atoms with van der Waals surface area (Å²) in [5.74, 6) is -0.982. The second-order valence-electron chi connectivity index (χ2n) is 4.70. The lowest BCUT2D eigenvalue weighted by Gasteiger charge is -2.09. The first-order valence-electron chi connectivity index (χ1n) is 6.56. The highest BCUT2D eigenvalue weighted by Crippen LogP contribution is 2.24. The molecule has 0 aliphatic heterocycles. The van der Waals surface area contributed by atoms with E-state index in [1.165, 1.54) is 12.1 Å². The molecule has 0 saturated carbocycles. The average molecular weight is 301 g/mol. The lowest BCUT2D eigenvalue weighted by molar-refractivity contribution is -0.138. The monoisotopic (exact) mass is 301 g/mol. The van der Waals surface area contributed by atoms with Crippen LogP contribution in [0.4, 0.5) is 0 Å². The third-order valence-corrected chi connectivity index (χ3v) is 3.20. The predicted octanol–water partition coefficient (Wildman–Crippen LogP) is 2.79. The third-order valence-electron chi connectivity index (χ3n) is 3.20. The fraction of sp³-hybridized carbons (Fsp3) is 0.125. The average Bonchev–Trinajstić information content (AvgIpc) is 2.54. The van der Waals surface area contributed by atoms with Gasteiger partial charge in [-0.15, -0.1) is 0 Å². The number of hydroxylamine groups is 1. The smallest absolute Gasteiger partial charge is 0.310 e. The zero-order valence-corrected chi connectivity index (χ0v) is 11.8. The number of aliphatic carboxylic acids is 1. The molecule has 0 heterocycles. The molecule has 2 rings (SSSR count). The first kappa shape index (κ1) is 15.5. The summed E-state index contributed by atoms with van der Waals surface area (Å²) in [5, 5.41) is 17.5. The highest BCUT2D eigenvalue weighted by Gasteiger charge is 2.13. The molecule has 0 bridgehead atoms. The molecular formula is C16H15NO5. The van der Waals surface area contributed by atoms with E-state index in [-0.39, 0.29) is 0 Å². The number of ether oxygens (including phenoxy) is 1. The number of carbonyl (C=O) groups excluding carboxylic acids is 1. The Kier molecular flexibility index (Phi) is 4.75. The van der Waals surface area contributed by atoms with Crippen molar-refractivity contribution < 1.29 is 24.6 Å². The van der Waals surface area contributed by atoms with Crippen LogP contribution >= 0.6 is 0 Å². The van der Waals surface area contributed by atoms with Gasteiger partial charge in [0, 0.05) is 5.56 Å². The van der Waals surface area contributed by atoms with Crippen molar-refractivity contribution in [1.82, 2.24) is 5.48 Å². The van der Waals surface area contributed by atoms with Crippen LogP contribution in [-0.4, -0.2) is 22.2 Å². The van der Waals surface area contributed by atoms with Crippen molar-refractivity contribution in [3.63, 3.8) is 0 Å². The van der Waals surface area contributed by atoms with Crippen LogP contribution in [0.5, 0.6) is 11.5 Å². The lowest BCUT2D eigenvalue weighted by atomic mass is 10.0. The first-order chi connectivity index (χ1) is 10.5. The Balaban J connectivity index is 2.07. The molecule has 0 saturated heterocycles. The number of rotatable bonds is 5. The quantitative estimate of drug-likeness (QED) is 0.583. The molecule has 2 aromatic carbocycles. The Bertz CT molecular complexity index is 664. The minimum atomic E-state index is -0.883. The Morgan fingerprint density at radius 3 is 1.95 bits per heavy atom. The SMILES string of the molecule is CC(C(=O)O)c1ccc(Oc2ccc(C(=O)NO)cc2)cc1. The normalized spacial score (nSPS) is 11.5. The fourth-order valence-electron chi connectivity index (χ4n) is 1.84. The molecule has 0 spiro atoms. The van der Waals surface area contributed by atoms with E-state index < -0.39 is 17.8 Å². The van der Waals surface area contributed by atoms with Gasteiger partial charge < -0.3 is 9.84 Å². The Morgan fingerprint density at radius 2 is 1.50 bits per heavy atom. The minimum absolute atomic E-state index is 0.306. The van der Waals surface area contributed by atoms with Gasteiger partial charge in [0.2, 0.25) is 0 Å². The second kappa shape index (κ2) is 6.73. The number of amides is 1. The van der Waals surface area contributed by atoms with Crippen LogP contribution < -0.4 is 10.2 Å². The number of hydrogen-bond acceptors (Lipinski definition) is 4. The van der Waals surface area contributed by atoms with Crippen molar-refractivity contribution in [3.8, 4) is 11.5 Å². The summed E-state index contributed by atoms with van der Waals surface area (Å²) in [5.41, 5.74) is 2.54. The Labute approximate surface area is 126 Å². The van der Waals surface area contributed by atoms with Crippen LogP contribution in [0.25, 0.3) is 0 Å². The van der Waals surface area contributed by atoms with Gasteiger partial charge in [-0.1, -0.05) is 12.1 Å². The number of carboxylic acids is 1. The maximum Gasteiger partial charge on any atom is 0.310 e. The largest absolute Gasteiger partial charge is 0.481 e. The van der Waals surface area contributed by atoms with Gasteiger partial charge in [0.05, 0.1) is 5.92 Å². The fourth-order valence-corrected chi connectivity index (χ4v) is 1.84. The van der Waals surface area contributed by atoms with E-state index in [4.69, 9.17) is 15.1 Å². The predicted molar refractivity (Wildman–Crippen MR) is 78.3 cm³/mol. The maximum absolute atomic E-state index is 11.2. The third kappa shape index (κ3) is 3.62. The zero-order chi connectivity index (χ0) is 16.1. The van der Waals surface area contributed by atoms with E-state index in [9.17, 15) is 9.59 Å². The van der Waals surface area contributed by atoms with Crippen molar-refractivity contribution in [2.45, 2.75) is 12.8 Å². The highest BCUT2D eigenvalue weighted by molar-refractivity contribution is 5.93. The molecule has 1 amide bonds. The Morgan fingerprint density at radius 1 is 1.00 bits per heavy atom. The summed E-state index contributed by atoms with van der Waals surface area (Å²) in [6, 6.07) is 13.0. The molecule has 3 N–H and O–H groups in total. The number of hydrogen-bond donors (Lipinski definition) is 3. The van der Waals surface area contributed by atoms with Crippen LogP contribution in [0, 0.1) is 0 Å². The van der Waals surface area contributed by atoms with Crippen LogP contribution in [0.1, 0.15) is 28.8 Å².